The van der Waals surface area contributed by atoms with Crippen molar-refractivity contribution in [2.75, 3.05) is 5.32 Å². The fourth-order valence-electron chi connectivity index (χ4n) is 2.61. The van der Waals surface area contributed by atoms with Crippen molar-refractivity contribution in [3.05, 3.63) is 17.7 Å². The largest absolute Gasteiger partial charge is 0.363 e. The van der Waals surface area contributed by atoms with Crippen LogP contribution in [0.25, 0.3) is 11.2 Å². The minimum Gasteiger partial charge on any atom is -0.363 e. The highest BCUT2D eigenvalue weighted by Gasteiger charge is 2.26. The monoisotopic (exact) mass is 293 g/mol. The van der Waals surface area contributed by atoms with Crippen LogP contribution in [-0.2, 0) is 0 Å². The van der Waals surface area contributed by atoms with Crippen LogP contribution in [0.4, 0.5) is 5.82 Å². The quantitative estimate of drug-likeness (QED) is 0.874. The van der Waals surface area contributed by atoms with E-state index in [-0.39, 0.29) is 16.2 Å². The standard InChI is InChI=1S/C14H20ClN5/c1-13(2,3)8-14(4,5)20-11-9-10(17-7-6-16-9)18-12(15)19-11/h6-7H,8H2,1-5H3,(H,17,18,19,20). The predicted molar refractivity (Wildman–Crippen MR) is 81.9 cm³/mol. The molecule has 0 fully saturated rings. The maximum Gasteiger partial charge on any atom is 0.226 e. The molecule has 5 nitrogen and oxygen atoms in total. The van der Waals surface area contributed by atoms with E-state index >= 15 is 0 Å². The van der Waals surface area contributed by atoms with E-state index in [0.717, 1.165) is 6.42 Å². The van der Waals surface area contributed by atoms with Crippen LogP contribution in [0, 0.1) is 5.41 Å². The Morgan fingerprint density at radius 3 is 2.35 bits per heavy atom. The average molecular weight is 294 g/mol. The normalized spacial score (nSPS) is 12.7. The molecule has 0 aliphatic carbocycles. The third kappa shape index (κ3) is 3.76. The molecule has 0 saturated carbocycles. The number of fused-ring (bicyclic) bond motifs is 1. The molecule has 0 radical (unpaired) electrons. The van der Waals surface area contributed by atoms with Crippen LogP contribution in [0.3, 0.4) is 0 Å². The average Bonchev–Trinajstić information content (AvgIpc) is 2.24. The summed E-state index contributed by atoms with van der Waals surface area (Å²) in [4.78, 5) is 16.8. The van der Waals surface area contributed by atoms with Gasteiger partial charge in [0.05, 0.1) is 0 Å². The van der Waals surface area contributed by atoms with Crippen molar-refractivity contribution < 1.29 is 0 Å². The van der Waals surface area contributed by atoms with E-state index in [2.05, 4.69) is 59.9 Å². The second-order valence-electron chi connectivity index (χ2n) is 6.82. The van der Waals surface area contributed by atoms with Crippen LogP contribution in [0.2, 0.25) is 5.28 Å². The second kappa shape index (κ2) is 5.13. The van der Waals surface area contributed by atoms with Gasteiger partial charge in [-0.05, 0) is 37.3 Å². The van der Waals surface area contributed by atoms with Gasteiger partial charge in [0.1, 0.15) is 0 Å². The maximum atomic E-state index is 5.96. The van der Waals surface area contributed by atoms with Crippen molar-refractivity contribution in [1.82, 2.24) is 19.9 Å². The van der Waals surface area contributed by atoms with Crippen molar-refractivity contribution in [3.63, 3.8) is 0 Å². The molecule has 0 aromatic carbocycles. The Morgan fingerprint density at radius 2 is 1.70 bits per heavy atom. The lowest BCUT2D eigenvalue weighted by molar-refractivity contribution is 0.302. The van der Waals surface area contributed by atoms with E-state index in [1.807, 2.05) is 0 Å². The number of hydrogen-bond donors (Lipinski definition) is 1. The van der Waals surface area contributed by atoms with Crippen molar-refractivity contribution in [1.29, 1.82) is 0 Å². The number of aromatic nitrogens is 4. The first-order valence-electron chi connectivity index (χ1n) is 6.59. The number of nitrogens with zero attached hydrogens (tertiary/aromatic N) is 4. The first-order valence-corrected chi connectivity index (χ1v) is 6.97. The molecule has 20 heavy (non-hydrogen) atoms. The van der Waals surface area contributed by atoms with Crippen molar-refractivity contribution in [2.45, 2.75) is 46.6 Å². The molecule has 2 aromatic rings. The Hall–Kier alpha value is -1.49. The number of anilines is 1. The van der Waals surface area contributed by atoms with E-state index in [1.54, 1.807) is 12.4 Å². The molecule has 6 heteroatoms. The van der Waals surface area contributed by atoms with E-state index in [1.165, 1.54) is 0 Å². The SMILES string of the molecule is CC(C)(C)CC(C)(C)Nc1nc(Cl)nc2nccnc12. The van der Waals surface area contributed by atoms with Gasteiger partial charge in [-0.2, -0.15) is 9.97 Å². The zero-order chi connectivity index (χ0) is 15.0. The first kappa shape index (κ1) is 14.9. The molecule has 1 N–H and O–H groups in total. The minimum atomic E-state index is -0.139. The van der Waals surface area contributed by atoms with E-state index < -0.39 is 0 Å². The highest BCUT2D eigenvalue weighted by atomic mass is 35.5. The van der Waals surface area contributed by atoms with E-state index in [9.17, 15) is 0 Å². The number of halogens is 1. The molecular formula is C14H20ClN5. The fourth-order valence-corrected chi connectivity index (χ4v) is 2.78. The van der Waals surface area contributed by atoms with Gasteiger partial charge in [-0.3, -0.25) is 0 Å². The Labute approximate surface area is 124 Å². The highest BCUT2D eigenvalue weighted by molar-refractivity contribution is 6.28. The summed E-state index contributed by atoms with van der Waals surface area (Å²) >= 11 is 5.96. The second-order valence-corrected chi connectivity index (χ2v) is 7.15. The van der Waals surface area contributed by atoms with E-state index in [4.69, 9.17) is 11.6 Å². The van der Waals surface area contributed by atoms with Gasteiger partial charge in [-0.1, -0.05) is 20.8 Å². The lowest BCUT2D eigenvalue weighted by Crippen LogP contribution is -2.36. The van der Waals surface area contributed by atoms with Gasteiger partial charge in [0.25, 0.3) is 0 Å². The van der Waals surface area contributed by atoms with Gasteiger partial charge < -0.3 is 5.32 Å². The first-order chi connectivity index (χ1) is 9.16. The molecule has 0 aliphatic heterocycles. The Morgan fingerprint density at radius 1 is 1.05 bits per heavy atom. The third-order valence-electron chi connectivity index (χ3n) is 2.73. The molecule has 2 aromatic heterocycles. The Kier molecular flexibility index (Phi) is 3.82. The fraction of sp³-hybridized carbons (Fsp3) is 0.571. The molecule has 0 saturated heterocycles. The summed E-state index contributed by atoms with van der Waals surface area (Å²) in [6.45, 7) is 10.9. The lowest BCUT2D eigenvalue weighted by atomic mass is 9.82. The predicted octanol–water partition coefficient (Wildman–Crippen LogP) is 3.70. The van der Waals surface area contributed by atoms with Gasteiger partial charge in [-0.15, -0.1) is 0 Å². The zero-order valence-electron chi connectivity index (χ0n) is 12.5. The number of hydrogen-bond acceptors (Lipinski definition) is 5. The molecule has 2 rings (SSSR count). The Bertz CT molecular complexity index is 618. The zero-order valence-corrected chi connectivity index (χ0v) is 13.3. The summed E-state index contributed by atoms with van der Waals surface area (Å²) in [5.74, 6) is 0.627. The summed E-state index contributed by atoms with van der Waals surface area (Å²) < 4.78 is 0. The smallest absolute Gasteiger partial charge is 0.226 e. The van der Waals surface area contributed by atoms with Gasteiger partial charge in [0, 0.05) is 17.9 Å². The molecule has 2 heterocycles. The molecular weight excluding hydrogens is 274 g/mol. The molecule has 0 unspecified atom stereocenters. The maximum absolute atomic E-state index is 5.96. The summed E-state index contributed by atoms with van der Waals surface area (Å²) in [7, 11) is 0. The Balaban J connectivity index is 2.38. The third-order valence-corrected chi connectivity index (χ3v) is 2.90. The molecule has 108 valence electrons. The summed E-state index contributed by atoms with van der Waals surface area (Å²) in [5.41, 5.74) is 1.20. The van der Waals surface area contributed by atoms with Crippen LogP contribution in [0.15, 0.2) is 12.4 Å². The number of rotatable bonds is 3. The van der Waals surface area contributed by atoms with E-state index in [0.29, 0.717) is 17.0 Å². The summed E-state index contributed by atoms with van der Waals surface area (Å²) in [6.07, 6.45) is 4.20. The lowest BCUT2D eigenvalue weighted by Gasteiger charge is -2.33. The molecule has 0 atom stereocenters. The van der Waals surface area contributed by atoms with Crippen LogP contribution in [0.5, 0.6) is 0 Å². The van der Waals surface area contributed by atoms with Gasteiger partial charge >= 0.3 is 0 Å². The van der Waals surface area contributed by atoms with Crippen molar-refractivity contribution in [2.24, 2.45) is 5.41 Å². The summed E-state index contributed by atoms with van der Waals surface area (Å²) in [6, 6.07) is 0. The molecule has 0 aliphatic rings. The minimum absolute atomic E-state index is 0.139. The van der Waals surface area contributed by atoms with Crippen LogP contribution in [-0.4, -0.2) is 25.5 Å². The van der Waals surface area contributed by atoms with Crippen molar-refractivity contribution in [3.8, 4) is 0 Å². The van der Waals surface area contributed by atoms with Crippen LogP contribution in [0.1, 0.15) is 41.0 Å². The summed E-state index contributed by atoms with van der Waals surface area (Å²) in [5, 5.41) is 3.59. The van der Waals surface area contributed by atoms with Gasteiger partial charge in [0.2, 0.25) is 5.28 Å². The topological polar surface area (TPSA) is 63.6 Å². The van der Waals surface area contributed by atoms with Gasteiger partial charge in [-0.25, -0.2) is 9.97 Å². The van der Waals surface area contributed by atoms with Crippen LogP contribution >= 0.6 is 11.6 Å². The number of nitrogens with one attached hydrogen (secondary N) is 1. The van der Waals surface area contributed by atoms with Crippen LogP contribution < -0.4 is 5.32 Å². The molecule has 0 bridgehead atoms. The molecule has 0 amide bonds. The van der Waals surface area contributed by atoms with Crippen molar-refractivity contribution >= 4 is 28.6 Å². The highest BCUT2D eigenvalue weighted by Crippen LogP contribution is 2.30. The van der Waals surface area contributed by atoms with Gasteiger partial charge in [0.15, 0.2) is 17.0 Å². The molecule has 0 spiro atoms.